The van der Waals surface area contributed by atoms with E-state index >= 15 is 0 Å². The molecule has 1 aromatic rings. The van der Waals surface area contributed by atoms with E-state index in [0.717, 1.165) is 25.9 Å². The van der Waals surface area contributed by atoms with Crippen molar-refractivity contribution >= 4 is 6.01 Å². The van der Waals surface area contributed by atoms with Gasteiger partial charge in [-0.15, -0.1) is 0 Å². The van der Waals surface area contributed by atoms with E-state index in [1.807, 2.05) is 6.92 Å². The van der Waals surface area contributed by atoms with Crippen LogP contribution in [-0.4, -0.2) is 22.8 Å². The first-order valence-corrected chi connectivity index (χ1v) is 6.01. The van der Waals surface area contributed by atoms with E-state index in [4.69, 9.17) is 9.26 Å². The second kappa shape index (κ2) is 3.73. The van der Waals surface area contributed by atoms with E-state index < -0.39 is 0 Å². The smallest absolute Gasteiger partial charge is 0.321 e. The average Bonchev–Trinajstić information content (AvgIpc) is 2.95. The molecule has 0 radical (unpaired) electrons. The summed E-state index contributed by atoms with van der Waals surface area (Å²) >= 11 is 0. The quantitative estimate of drug-likeness (QED) is 0.849. The molecular weight excluding hydrogens is 206 g/mol. The zero-order valence-corrected chi connectivity index (χ0v) is 9.53. The van der Waals surface area contributed by atoms with Crippen molar-refractivity contribution in [2.75, 3.05) is 11.9 Å². The number of hydrogen-bond donors (Lipinski definition) is 1. The predicted octanol–water partition coefficient (Wildman–Crippen LogP) is 2.06. The van der Waals surface area contributed by atoms with Crippen LogP contribution in [0.2, 0.25) is 0 Å². The Labute approximate surface area is 94.6 Å². The minimum absolute atomic E-state index is 0.356. The Bertz CT molecular complexity index is 367. The SMILES string of the molecule is CC1(c2noc(NC3CC3)n2)CCCCO1. The Morgan fingerprint density at radius 1 is 1.38 bits per heavy atom. The molecule has 88 valence electrons. The number of rotatable bonds is 3. The predicted molar refractivity (Wildman–Crippen MR) is 58.1 cm³/mol. The third kappa shape index (κ3) is 1.91. The minimum atomic E-state index is -0.356. The molecule has 0 amide bonds. The van der Waals surface area contributed by atoms with Crippen LogP contribution >= 0.6 is 0 Å². The van der Waals surface area contributed by atoms with Gasteiger partial charge in [0.15, 0.2) is 0 Å². The summed E-state index contributed by atoms with van der Waals surface area (Å²) in [6, 6.07) is 1.07. The fraction of sp³-hybridized carbons (Fsp3) is 0.818. The summed E-state index contributed by atoms with van der Waals surface area (Å²) in [5.74, 6) is 0.676. The van der Waals surface area contributed by atoms with Gasteiger partial charge in [0.25, 0.3) is 0 Å². The molecule has 1 unspecified atom stereocenters. The summed E-state index contributed by atoms with van der Waals surface area (Å²) < 4.78 is 11.0. The van der Waals surface area contributed by atoms with E-state index in [1.54, 1.807) is 0 Å². The van der Waals surface area contributed by atoms with E-state index in [2.05, 4.69) is 15.5 Å². The Morgan fingerprint density at radius 3 is 2.94 bits per heavy atom. The monoisotopic (exact) mass is 223 g/mol. The Morgan fingerprint density at radius 2 is 2.25 bits per heavy atom. The lowest BCUT2D eigenvalue weighted by atomic mass is 9.95. The van der Waals surface area contributed by atoms with Crippen LogP contribution in [0, 0.1) is 0 Å². The molecule has 2 aliphatic rings. The first-order chi connectivity index (χ1) is 7.76. The van der Waals surface area contributed by atoms with Crippen molar-refractivity contribution < 1.29 is 9.26 Å². The minimum Gasteiger partial charge on any atom is -0.367 e. The van der Waals surface area contributed by atoms with Crippen molar-refractivity contribution in [1.29, 1.82) is 0 Å². The highest BCUT2D eigenvalue weighted by Gasteiger charge is 2.35. The number of hydrogen-bond acceptors (Lipinski definition) is 5. The van der Waals surface area contributed by atoms with Crippen LogP contribution in [-0.2, 0) is 10.3 Å². The summed E-state index contributed by atoms with van der Waals surface area (Å²) in [5, 5.41) is 7.22. The standard InChI is InChI=1S/C11H17N3O2/c1-11(6-2-3-7-15-11)9-13-10(16-14-9)12-8-4-5-8/h8H,2-7H2,1H3,(H,12,13,14). The van der Waals surface area contributed by atoms with Gasteiger partial charge >= 0.3 is 6.01 Å². The van der Waals surface area contributed by atoms with Gasteiger partial charge < -0.3 is 14.6 Å². The summed E-state index contributed by atoms with van der Waals surface area (Å²) in [5.41, 5.74) is -0.356. The fourth-order valence-corrected chi connectivity index (χ4v) is 2.01. The van der Waals surface area contributed by atoms with Crippen molar-refractivity contribution in [2.24, 2.45) is 0 Å². The number of ether oxygens (including phenoxy) is 1. The van der Waals surface area contributed by atoms with E-state index in [0.29, 0.717) is 17.9 Å². The molecule has 2 heterocycles. The zero-order chi connectivity index (χ0) is 11.0. The lowest BCUT2D eigenvalue weighted by molar-refractivity contribution is -0.0770. The summed E-state index contributed by atoms with van der Waals surface area (Å²) in [6.45, 7) is 2.83. The molecule has 1 aliphatic carbocycles. The average molecular weight is 223 g/mol. The molecule has 5 heteroatoms. The largest absolute Gasteiger partial charge is 0.367 e. The topological polar surface area (TPSA) is 60.2 Å². The van der Waals surface area contributed by atoms with Crippen LogP contribution < -0.4 is 5.32 Å². The molecule has 0 bridgehead atoms. The highest BCUT2D eigenvalue weighted by atomic mass is 16.5. The van der Waals surface area contributed by atoms with Gasteiger partial charge in [-0.05, 0) is 39.0 Å². The first-order valence-electron chi connectivity index (χ1n) is 6.01. The molecule has 1 aliphatic heterocycles. The van der Waals surface area contributed by atoms with Crippen molar-refractivity contribution in [3.8, 4) is 0 Å². The summed E-state index contributed by atoms with van der Waals surface area (Å²) in [6.07, 6.45) is 5.66. The molecule has 1 saturated carbocycles. The molecule has 1 atom stereocenters. The Balaban J connectivity index is 1.74. The highest BCUT2D eigenvalue weighted by Crippen LogP contribution is 2.33. The van der Waals surface area contributed by atoms with Gasteiger partial charge in [-0.25, -0.2) is 0 Å². The maximum absolute atomic E-state index is 5.77. The van der Waals surface area contributed by atoms with Gasteiger partial charge in [-0.2, -0.15) is 4.98 Å². The van der Waals surface area contributed by atoms with Crippen molar-refractivity contribution in [2.45, 2.75) is 50.7 Å². The van der Waals surface area contributed by atoms with Gasteiger partial charge in [0.2, 0.25) is 5.82 Å². The molecular formula is C11H17N3O2. The maximum atomic E-state index is 5.77. The lowest BCUT2D eigenvalue weighted by Gasteiger charge is -2.30. The second-order valence-corrected chi connectivity index (χ2v) is 4.88. The van der Waals surface area contributed by atoms with Crippen LogP contribution in [0.1, 0.15) is 44.9 Å². The normalized spacial score (nSPS) is 30.3. The third-order valence-corrected chi connectivity index (χ3v) is 3.27. The van der Waals surface area contributed by atoms with Crippen LogP contribution in [0.25, 0.3) is 0 Å². The molecule has 2 fully saturated rings. The Hall–Kier alpha value is -1.10. The first kappa shape index (κ1) is 10.1. The van der Waals surface area contributed by atoms with Crippen molar-refractivity contribution in [1.82, 2.24) is 10.1 Å². The molecule has 1 N–H and O–H groups in total. The second-order valence-electron chi connectivity index (χ2n) is 4.88. The molecule has 0 aromatic carbocycles. The van der Waals surface area contributed by atoms with Gasteiger partial charge in [0.05, 0.1) is 0 Å². The number of nitrogens with zero attached hydrogens (tertiary/aromatic N) is 2. The molecule has 16 heavy (non-hydrogen) atoms. The van der Waals surface area contributed by atoms with Crippen molar-refractivity contribution in [3.05, 3.63) is 5.82 Å². The van der Waals surface area contributed by atoms with E-state index in [9.17, 15) is 0 Å². The fourth-order valence-electron chi connectivity index (χ4n) is 2.01. The molecule has 3 rings (SSSR count). The maximum Gasteiger partial charge on any atom is 0.321 e. The van der Waals surface area contributed by atoms with Gasteiger partial charge in [-0.1, -0.05) is 5.16 Å². The molecule has 0 spiro atoms. The van der Waals surface area contributed by atoms with Gasteiger partial charge in [0, 0.05) is 12.6 Å². The lowest BCUT2D eigenvalue weighted by Crippen LogP contribution is -2.31. The van der Waals surface area contributed by atoms with Crippen LogP contribution in [0.5, 0.6) is 0 Å². The number of aromatic nitrogens is 2. The summed E-state index contributed by atoms with van der Waals surface area (Å²) in [4.78, 5) is 4.37. The Kier molecular flexibility index (Phi) is 2.35. The van der Waals surface area contributed by atoms with E-state index in [1.165, 1.54) is 12.8 Å². The van der Waals surface area contributed by atoms with Crippen molar-refractivity contribution in [3.63, 3.8) is 0 Å². The molecule has 1 aromatic heterocycles. The van der Waals surface area contributed by atoms with Gasteiger partial charge in [0.1, 0.15) is 5.60 Å². The van der Waals surface area contributed by atoms with E-state index in [-0.39, 0.29) is 5.60 Å². The number of anilines is 1. The van der Waals surface area contributed by atoms with Gasteiger partial charge in [-0.3, -0.25) is 0 Å². The zero-order valence-electron chi connectivity index (χ0n) is 9.53. The molecule has 1 saturated heterocycles. The van der Waals surface area contributed by atoms with Crippen LogP contribution in [0.15, 0.2) is 4.52 Å². The third-order valence-electron chi connectivity index (χ3n) is 3.27. The summed E-state index contributed by atoms with van der Waals surface area (Å²) in [7, 11) is 0. The number of nitrogens with one attached hydrogen (secondary N) is 1. The van der Waals surface area contributed by atoms with Crippen LogP contribution in [0.4, 0.5) is 6.01 Å². The van der Waals surface area contributed by atoms with Crippen LogP contribution in [0.3, 0.4) is 0 Å². The molecule has 5 nitrogen and oxygen atoms in total. The highest BCUT2D eigenvalue weighted by molar-refractivity contribution is 5.24.